The average molecular weight is 465 g/mol. The van der Waals surface area contributed by atoms with E-state index in [1.54, 1.807) is 20.8 Å². The van der Waals surface area contributed by atoms with Crippen molar-refractivity contribution in [2.24, 2.45) is 0 Å². The van der Waals surface area contributed by atoms with Crippen LogP contribution >= 0.6 is 0 Å². The van der Waals surface area contributed by atoms with Gasteiger partial charge in [-0.2, -0.15) is 5.26 Å². The lowest BCUT2D eigenvalue weighted by molar-refractivity contribution is -0.139. The highest BCUT2D eigenvalue weighted by atomic mass is 16.6. The molecule has 0 saturated heterocycles. The molecule has 0 spiro atoms. The number of carbonyl (C=O) groups is 3. The number of ether oxygens (including phenoxy) is 1. The Labute approximate surface area is 200 Å². The van der Waals surface area contributed by atoms with Crippen molar-refractivity contribution in [3.63, 3.8) is 0 Å². The second-order valence-electron chi connectivity index (χ2n) is 9.06. The number of nitrogens with zero attached hydrogens (tertiary/aromatic N) is 2. The third-order valence-corrected chi connectivity index (χ3v) is 4.77. The van der Waals surface area contributed by atoms with Crippen LogP contribution in [0.2, 0.25) is 0 Å². The summed E-state index contributed by atoms with van der Waals surface area (Å²) in [5.41, 5.74) is 2.61. The van der Waals surface area contributed by atoms with Crippen LogP contribution in [0.5, 0.6) is 0 Å². The van der Waals surface area contributed by atoms with E-state index in [0.29, 0.717) is 5.56 Å². The largest absolute Gasteiger partial charge is 0.444 e. The summed E-state index contributed by atoms with van der Waals surface area (Å²) in [6, 6.07) is 15.9. The normalized spacial score (nSPS) is 11.6. The first-order valence-corrected chi connectivity index (χ1v) is 11.0. The molecule has 8 nitrogen and oxygen atoms in total. The minimum absolute atomic E-state index is 0.270. The molecule has 2 aromatic rings. The van der Waals surface area contributed by atoms with Crippen LogP contribution in [0.3, 0.4) is 0 Å². The van der Waals surface area contributed by atoms with Crippen LogP contribution in [0.1, 0.15) is 49.1 Å². The predicted octanol–water partition coefficient (Wildman–Crippen LogP) is 3.54. The molecule has 180 valence electrons. The zero-order valence-electron chi connectivity index (χ0n) is 20.3. The smallest absolute Gasteiger partial charge is 0.408 e. The fourth-order valence-corrected chi connectivity index (χ4v) is 3.49. The van der Waals surface area contributed by atoms with Gasteiger partial charge in [0.15, 0.2) is 0 Å². The predicted molar refractivity (Wildman–Crippen MR) is 129 cm³/mol. The Bertz CT molecular complexity index is 1030. The number of carbonyl (C=O) groups excluding carboxylic acids is 3. The first kappa shape index (κ1) is 26.4. The molecule has 0 radical (unpaired) electrons. The van der Waals surface area contributed by atoms with Crippen molar-refractivity contribution < 1.29 is 19.1 Å². The summed E-state index contributed by atoms with van der Waals surface area (Å²) < 4.78 is 5.17. The highest BCUT2D eigenvalue weighted by Gasteiger charge is 2.32. The van der Waals surface area contributed by atoms with Crippen LogP contribution in [0, 0.1) is 25.2 Å². The lowest BCUT2D eigenvalue weighted by atomic mass is 9.99. The van der Waals surface area contributed by atoms with E-state index in [-0.39, 0.29) is 13.1 Å². The Morgan fingerprint density at radius 1 is 1.03 bits per heavy atom. The van der Waals surface area contributed by atoms with Gasteiger partial charge in [-0.25, -0.2) is 4.79 Å². The van der Waals surface area contributed by atoms with Crippen LogP contribution in [0.25, 0.3) is 0 Å². The lowest BCUT2D eigenvalue weighted by Crippen LogP contribution is -2.48. The molecular formula is C26H32N4O4. The van der Waals surface area contributed by atoms with Crippen molar-refractivity contribution in [2.75, 3.05) is 13.1 Å². The molecule has 0 aliphatic carbocycles. The zero-order valence-corrected chi connectivity index (χ0v) is 20.3. The van der Waals surface area contributed by atoms with Gasteiger partial charge in [-0.15, -0.1) is 0 Å². The molecule has 0 aliphatic heterocycles. The van der Waals surface area contributed by atoms with Crippen LogP contribution in [0.15, 0.2) is 48.5 Å². The van der Waals surface area contributed by atoms with E-state index in [0.717, 1.165) is 16.7 Å². The van der Waals surface area contributed by atoms with Crippen molar-refractivity contribution in [2.45, 2.75) is 52.8 Å². The van der Waals surface area contributed by atoms with E-state index < -0.39 is 36.1 Å². The number of nitriles is 1. The van der Waals surface area contributed by atoms with Gasteiger partial charge in [0.1, 0.15) is 24.7 Å². The highest BCUT2D eigenvalue weighted by Crippen LogP contribution is 2.24. The van der Waals surface area contributed by atoms with Crippen LogP contribution in [0.4, 0.5) is 4.79 Å². The number of alkyl carbamates (subject to hydrolysis) is 1. The molecule has 34 heavy (non-hydrogen) atoms. The monoisotopic (exact) mass is 464 g/mol. The Morgan fingerprint density at radius 2 is 1.65 bits per heavy atom. The van der Waals surface area contributed by atoms with E-state index in [9.17, 15) is 19.6 Å². The summed E-state index contributed by atoms with van der Waals surface area (Å²) in [5.74, 6) is -0.999. The Morgan fingerprint density at radius 3 is 2.21 bits per heavy atom. The van der Waals surface area contributed by atoms with E-state index in [1.165, 1.54) is 4.90 Å². The molecule has 0 aliphatic rings. The summed E-state index contributed by atoms with van der Waals surface area (Å²) in [5, 5.41) is 14.7. The number of amides is 3. The topological polar surface area (TPSA) is 112 Å². The summed E-state index contributed by atoms with van der Waals surface area (Å²) in [7, 11) is 0. The van der Waals surface area contributed by atoms with Gasteiger partial charge in [-0.1, -0.05) is 59.7 Å². The molecule has 0 aromatic heterocycles. The highest BCUT2D eigenvalue weighted by molar-refractivity contribution is 5.90. The minimum Gasteiger partial charge on any atom is -0.444 e. The molecule has 0 saturated carbocycles. The first-order valence-electron chi connectivity index (χ1n) is 11.0. The van der Waals surface area contributed by atoms with E-state index >= 15 is 0 Å². The van der Waals surface area contributed by atoms with E-state index in [2.05, 4.69) is 10.6 Å². The molecule has 2 N–H and O–H groups in total. The molecule has 0 fully saturated rings. The SMILES string of the molecule is Cc1cc(C)cc(C(C(=O)NCc2ccccc2)N(CC#N)C(=O)CNC(=O)OC(C)(C)C)c1. The van der Waals surface area contributed by atoms with Gasteiger partial charge in [0.2, 0.25) is 11.8 Å². The number of rotatable bonds is 8. The number of aryl methyl sites for hydroxylation is 2. The number of benzene rings is 2. The summed E-state index contributed by atoms with van der Waals surface area (Å²) in [6.45, 7) is 8.46. The van der Waals surface area contributed by atoms with Crippen molar-refractivity contribution in [3.05, 3.63) is 70.8 Å². The molecule has 8 heteroatoms. The van der Waals surface area contributed by atoms with Gasteiger partial charge in [-0.05, 0) is 45.7 Å². The Kier molecular flexibility index (Phi) is 9.19. The molecule has 1 unspecified atom stereocenters. The minimum atomic E-state index is -1.05. The molecular weight excluding hydrogens is 432 g/mol. The second-order valence-corrected chi connectivity index (χ2v) is 9.06. The average Bonchev–Trinajstić information content (AvgIpc) is 2.74. The van der Waals surface area contributed by atoms with Crippen LogP contribution in [-0.2, 0) is 20.9 Å². The van der Waals surface area contributed by atoms with E-state index in [4.69, 9.17) is 4.74 Å². The fourth-order valence-electron chi connectivity index (χ4n) is 3.49. The van der Waals surface area contributed by atoms with Gasteiger partial charge in [0.05, 0.1) is 6.07 Å². The number of hydrogen-bond donors (Lipinski definition) is 2. The molecule has 0 heterocycles. The number of hydrogen-bond acceptors (Lipinski definition) is 5. The zero-order chi connectivity index (χ0) is 25.3. The van der Waals surface area contributed by atoms with Crippen molar-refractivity contribution in [1.29, 1.82) is 5.26 Å². The summed E-state index contributed by atoms with van der Waals surface area (Å²) >= 11 is 0. The van der Waals surface area contributed by atoms with E-state index in [1.807, 2.05) is 68.4 Å². The van der Waals surface area contributed by atoms with Gasteiger partial charge in [0.25, 0.3) is 0 Å². The maximum Gasteiger partial charge on any atom is 0.408 e. The molecule has 2 rings (SSSR count). The van der Waals surface area contributed by atoms with Gasteiger partial charge >= 0.3 is 6.09 Å². The lowest BCUT2D eigenvalue weighted by Gasteiger charge is -2.30. The van der Waals surface area contributed by atoms with Crippen LogP contribution in [-0.4, -0.2) is 41.5 Å². The van der Waals surface area contributed by atoms with Crippen LogP contribution < -0.4 is 10.6 Å². The van der Waals surface area contributed by atoms with Crippen molar-refractivity contribution in [1.82, 2.24) is 15.5 Å². The third-order valence-electron chi connectivity index (χ3n) is 4.77. The summed E-state index contributed by atoms with van der Waals surface area (Å²) in [6.07, 6.45) is -0.755. The molecule has 1 atom stereocenters. The van der Waals surface area contributed by atoms with Gasteiger partial charge < -0.3 is 20.3 Å². The van der Waals surface area contributed by atoms with Crippen molar-refractivity contribution >= 4 is 17.9 Å². The molecule has 2 aromatic carbocycles. The molecule has 3 amide bonds. The summed E-state index contributed by atoms with van der Waals surface area (Å²) in [4.78, 5) is 39.6. The maximum absolute atomic E-state index is 13.4. The quantitative estimate of drug-likeness (QED) is 0.581. The van der Waals surface area contributed by atoms with Gasteiger partial charge in [0, 0.05) is 6.54 Å². The van der Waals surface area contributed by atoms with Crippen molar-refractivity contribution in [3.8, 4) is 6.07 Å². The fraction of sp³-hybridized carbons (Fsp3) is 0.385. The second kappa shape index (κ2) is 11.8. The number of nitrogens with one attached hydrogen (secondary N) is 2. The molecule has 0 bridgehead atoms. The Hall–Kier alpha value is -3.86. The van der Waals surface area contributed by atoms with Gasteiger partial charge in [-0.3, -0.25) is 9.59 Å². The Balaban J connectivity index is 2.30. The third kappa shape index (κ3) is 8.24. The standard InChI is InChI=1S/C26H32N4O4/c1-18-13-19(2)15-21(14-18)23(24(32)28-16-20-9-7-6-8-10-20)30(12-11-27)22(31)17-29-25(33)34-26(3,4)5/h6-10,13-15,23H,12,16-17H2,1-5H3,(H,28,32)(H,29,33). The maximum atomic E-state index is 13.4. The first-order chi connectivity index (χ1) is 16.0.